The van der Waals surface area contributed by atoms with Crippen molar-refractivity contribution in [1.82, 2.24) is 5.32 Å². The minimum Gasteiger partial charge on any atom is -0.467 e. The number of benzene rings is 1. The Morgan fingerprint density at radius 3 is 2.56 bits per heavy atom. The van der Waals surface area contributed by atoms with Gasteiger partial charge in [-0.05, 0) is 36.1 Å². The summed E-state index contributed by atoms with van der Waals surface area (Å²) < 4.78 is 5.20. The quantitative estimate of drug-likeness (QED) is 0.833. The molecule has 0 aliphatic rings. The molecule has 134 valence electrons. The molecule has 0 atom stereocenters. The molecular weight excluding hydrogens is 316 g/mol. The molecule has 2 aromatic rings. The van der Waals surface area contributed by atoms with E-state index < -0.39 is 0 Å². The maximum Gasteiger partial charge on any atom is 0.223 e. The van der Waals surface area contributed by atoms with Gasteiger partial charge in [-0.15, -0.1) is 0 Å². The van der Waals surface area contributed by atoms with Crippen LogP contribution in [0.15, 0.2) is 41.0 Å². The first-order chi connectivity index (χ1) is 11.9. The molecule has 25 heavy (non-hydrogen) atoms. The Kier molecular flexibility index (Phi) is 6.39. The van der Waals surface area contributed by atoms with Crippen molar-refractivity contribution in [2.45, 2.75) is 46.6 Å². The van der Waals surface area contributed by atoms with Gasteiger partial charge in [0.1, 0.15) is 5.76 Å². The van der Waals surface area contributed by atoms with Gasteiger partial charge in [-0.2, -0.15) is 0 Å². The van der Waals surface area contributed by atoms with Gasteiger partial charge in [-0.1, -0.05) is 32.0 Å². The zero-order valence-corrected chi connectivity index (χ0v) is 15.3. The van der Waals surface area contributed by atoms with Crippen LogP contribution in [0.1, 0.15) is 50.0 Å². The Morgan fingerprint density at radius 1 is 1.20 bits per heavy atom. The summed E-state index contributed by atoms with van der Waals surface area (Å²) in [7, 11) is 0. The fourth-order valence-corrected chi connectivity index (χ4v) is 2.84. The third-order valence-electron chi connectivity index (χ3n) is 4.14. The number of aryl methyl sites for hydroxylation is 1. The van der Waals surface area contributed by atoms with Gasteiger partial charge in [-0.25, -0.2) is 0 Å². The second-order valence-electron chi connectivity index (χ2n) is 6.44. The van der Waals surface area contributed by atoms with Crippen molar-refractivity contribution in [3.8, 4) is 0 Å². The molecule has 0 radical (unpaired) electrons. The van der Waals surface area contributed by atoms with Crippen LogP contribution in [0.3, 0.4) is 0 Å². The first kappa shape index (κ1) is 18.8. The van der Waals surface area contributed by atoms with Crippen molar-refractivity contribution in [1.29, 1.82) is 0 Å². The van der Waals surface area contributed by atoms with Gasteiger partial charge >= 0.3 is 0 Å². The van der Waals surface area contributed by atoms with E-state index in [0.717, 1.165) is 16.8 Å². The van der Waals surface area contributed by atoms with Gasteiger partial charge in [-0.3, -0.25) is 9.59 Å². The van der Waals surface area contributed by atoms with Gasteiger partial charge in [0.2, 0.25) is 11.8 Å². The minimum atomic E-state index is -0.109. The topological polar surface area (TPSA) is 62.6 Å². The molecule has 1 heterocycles. The molecule has 0 aliphatic heterocycles. The molecule has 1 aromatic carbocycles. The lowest BCUT2D eigenvalue weighted by molar-refractivity contribution is -0.121. The van der Waals surface area contributed by atoms with E-state index in [2.05, 4.69) is 19.2 Å². The SMILES string of the molecule is CC(=O)N(CCC(=O)NCc1ccco1)c1c(C)cccc1C(C)C. The van der Waals surface area contributed by atoms with Crippen molar-refractivity contribution in [2.75, 3.05) is 11.4 Å². The highest BCUT2D eigenvalue weighted by Gasteiger charge is 2.20. The van der Waals surface area contributed by atoms with Crippen molar-refractivity contribution in [2.24, 2.45) is 0 Å². The van der Waals surface area contributed by atoms with Crippen LogP contribution >= 0.6 is 0 Å². The normalized spacial score (nSPS) is 10.8. The van der Waals surface area contributed by atoms with Crippen molar-refractivity contribution in [3.05, 3.63) is 53.5 Å². The summed E-state index contributed by atoms with van der Waals surface area (Å²) in [5.41, 5.74) is 3.08. The van der Waals surface area contributed by atoms with Crippen LogP contribution in [0.25, 0.3) is 0 Å². The van der Waals surface area contributed by atoms with Crippen LogP contribution in [0.5, 0.6) is 0 Å². The number of furan rings is 1. The molecule has 0 unspecified atom stereocenters. The zero-order chi connectivity index (χ0) is 18.4. The molecule has 0 saturated carbocycles. The summed E-state index contributed by atoms with van der Waals surface area (Å²) in [6.45, 7) is 8.45. The number of amides is 2. The lowest BCUT2D eigenvalue weighted by Gasteiger charge is -2.27. The van der Waals surface area contributed by atoms with E-state index >= 15 is 0 Å². The number of carbonyl (C=O) groups excluding carboxylic acids is 2. The predicted octanol–water partition coefficient (Wildman–Crippen LogP) is 3.77. The molecule has 2 amide bonds. The molecule has 0 aliphatic carbocycles. The highest BCUT2D eigenvalue weighted by atomic mass is 16.3. The average molecular weight is 342 g/mol. The monoisotopic (exact) mass is 342 g/mol. The first-order valence-corrected chi connectivity index (χ1v) is 8.56. The number of nitrogens with one attached hydrogen (secondary N) is 1. The largest absolute Gasteiger partial charge is 0.467 e. The standard InChI is InChI=1S/C20H26N2O3/c1-14(2)18-9-5-7-15(3)20(18)22(16(4)23)11-10-19(24)21-13-17-8-6-12-25-17/h5-9,12,14H,10-11,13H2,1-4H3,(H,21,24). The fourth-order valence-electron chi connectivity index (χ4n) is 2.84. The van der Waals surface area contributed by atoms with Gasteiger partial charge in [0.25, 0.3) is 0 Å². The van der Waals surface area contributed by atoms with Crippen LogP contribution in [0.2, 0.25) is 0 Å². The summed E-state index contributed by atoms with van der Waals surface area (Å²) in [6, 6.07) is 9.63. The Bertz CT molecular complexity index is 721. The number of hydrogen-bond donors (Lipinski definition) is 1. The average Bonchev–Trinajstić information content (AvgIpc) is 3.07. The minimum absolute atomic E-state index is 0.0602. The van der Waals surface area contributed by atoms with E-state index in [1.807, 2.05) is 31.2 Å². The van der Waals surface area contributed by atoms with Crippen LogP contribution in [-0.2, 0) is 16.1 Å². The number of rotatable bonds is 7. The first-order valence-electron chi connectivity index (χ1n) is 8.56. The summed E-state index contributed by atoms with van der Waals surface area (Å²) in [5.74, 6) is 0.833. The Hall–Kier alpha value is -2.56. The van der Waals surface area contributed by atoms with E-state index in [-0.39, 0.29) is 18.2 Å². The molecule has 0 fully saturated rings. The zero-order valence-electron chi connectivity index (χ0n) is 15.3. The summed E-state index contributed by atoms with van der Waals surface area (Å²) in [6.07, 6.45) is 1.82. The van der Waals surface area contributed by atoms with Gasteiger partial charge in [0, 0.05) is 25.6 Å². The van der Waals surface area contributed by atoms with Crippen molar-refractivity contribution >= 4 is 17.5 Å². The molecule has 2 rings (SSSR count). The lowest BCUT2D eigenvalue weighted by Crippen LogP contribution is -2.35. The maximum atomic E-state index is 12.2. The summed E-state index contributed by atoms with van der Waals surface area (Å²) in [4.78, 5) is 26.0. The van der Waals surface area contributed by atoms with E-state index in [1.165, 1.54) is 6.92 Å². The molecule has 5 nitrogen and oxygen atoms in total. The molecule has 1 N–H and O–H groups in total. The van der Waals surface area contributed by atoms with Gasteiger partial charge < -0.3 is 14.6 Å². The Labute approximate surface area is 149 Å². The molecular formula is C20H26N2O3. The fraction of sp³-hybridized carbons (Fsp3) is 0.400. The third-order valence-corrected chi connectivity index (χ3v) is 4.14. The maximum absolute atomic E-state index is 12.2. The van der Waals surface area contributed by atoms with E-state index in [9.17, 15) is 9.59 Å². The van der Waals surface area contributed by atoms with Crippen LogP contribution < -0.4 is 10.2 Å². The number of hydrogen-bond acceptors (Lipinski definition) is 3. The summed E-state index contributed by atoms with van der Waals surface area (Å²) in [5, 5.41) is 2.81. The van der Waals surface area contributed by atoms with Crippen LogP contribution in [0, 0.1) is 6.92 Å². The smallest absolute Gasteiger partial charge is 0.223 e. The number of para-hydroxylation sites is 1. The van der Waals surface area contributed by atoms with Gasteiger partial charge in [0.05, 0.1) is 12.8 Å². The molecule has 1 aromatic heterocycles. The van der Waals surface area contributed by atoms with Crippen LogP contribution in [-0.4, -0.2) is 18.4 Å². The molecule has 0 saturated heterocycles. The number of carbonyl (C=O) groups is 2. The second kappa shape index (κ2) is 8.51. The molecule has 5 heteroatoms. The molecule has 0 spiro atoms. The van der Waals surface area contributed by atoms with Crippen LogP contribution in [0.4, 0.5) is 5.69 Å². The Balaban J connectivity index is 2.07. The van der Waals surface area contributed by atoms with E-state index in [1.54, 1.807) is 17.2 Å². The third kappa shape index (κ3) is 4.95. The summed E-state index contributed by atoms with van der Waals surface area (Å²) >= 11 is 0. The highest BCUT2D eigenvalue weighted by Crippen LogP contribution is 2.31. The Morgan fingerprint density at radius 2 is 1.96 bits per heavy atom. The van der Waals surface area contributed by atoms with Crippen molar-refractivity contribution in [3.63, 3.8) is 0 Å². The van der Waals surface area contributed by atoms with Crippen molar-refractivity contribution < 1.29 is 14.0 Å². The highest BCUT2D eigenvalue weighted by molar-refractivity contribution is 5.94. The second-order valence-corrected chi connectivity index (χ2v) is 6.44. The van der Waals surface area contributed by atoms with E-state index in [4.69, 9.17) is 4.42 Å². The predicted molar refractivity (Wildman–Crippen MR) is 98.5 cm³/mol. The number of nitrogens with zero attached hydrogens (tertiary/aromatic N) is 1. The van der Waals surface area contributed by atoms with E-state index in [0.29, 0.717) is 24.8 Å². The molecule has 0 bridgehead atoms. The number of anilines is 1. The van der Waals surface area contributed by atoms with Gasteiger partial charge in [0.15, 0.2) is 0 Å². The lowest BCUT2D eigenvalue weighted by atomic mass is 9.97.